The minimum Gasteiger partial charge on any atom is -0.490 e. The topological polar surface area (TPSA) is 95.6 Å². The van der Waals surface area contributed by atoms with Crippen LogP contribution in [0.3, 0.4) is 0 Å². The standard InChI is InChI=1S/C22H31N5O3/c1-4-27(5-2)14-15-30-19-9-7-6-8-18(19)25-22(29)23-13-12-21(28)26-20-11-10-17(3)16-24-20/h6-11,16H,4-5,12-15H2,1-3H3,(H2,23,25,29)(H,24,26,28). The highest BCUT2D eigenvalue weighted by atomic mass is 16.5. The van der Waals surface area contributed by atoms with Crippen LogP contribution < -0.4 is 20.7 Å². The summed E-state index contributed by atoms with van der Waals surface area (Å²) in [5, 5.41) is 8.15. The van der Waals surface area contributed by atoms with Gasteiger partial charge in [0.05, 0.1) is 5.69 Å². The zero-order valence-electron chi connectivity index (χ0n) is 17.9. The first-order valence-corrected chi connectivity index (χ1v) is 10.2. The summed E-state index contributed by atoms with van der Waals surface area (Å²) in [4.78, 5) is 30.5. The lowest BCUT2D eigenvalue weighted by molar-refractivity contribution is -0.116. The quantitative estimate of drug-likeness (QED) is 0.526. The minimum absolute atomic E-state index is 0.144. The summed E-state index contributed by atoms with van der Waals surface area (Å²) in [5.41, 5.74) is 1.60. The van der Waals surface area contributed by atoms with Crippen LogP contribution in [-0.2, 0) is 4.79 Å². The molecule has 0 fully saturated rings. The SMILES string of the molecule is CCN(CC)CCOc1ccccc1NC(=O)NCCC(=O)Nc1ccc(C)cn1. The highest BCUT2D eigenvalue weighted by molar-refractivity contribution is 5.92. The minimum atomic E-state index is -0.393. The Morgan fingerprint density at radius 3 is 2.53 bits per heavy atom. The van der Waals surface area contributed by atoms with Crippen LogP contribution in [0, 0.1) is 6.92 Å². The predicted molar refractivity (Wildman–Crippen MR) is 119 cm³/mol. The van der Waals surface area contributed by atoms with Crippen molar-refractivity contribution in [2.75, 3.05) is 43.4 Å². The molecular weight excluding hydrogens is 382 g/mol. The molecular formula is C22H31N5O3. The van der Waals surface area contributed by atoms with Gasteiger partial charge in [-0.3, -0.25) is 4.79 Å². The van der Waals surface area contributed by atoms with Crippen LogP contribution in [0.4, 0.5) is 16.3 Å². The molecule has 0 saturated carbocycles. The van der Waals surface area contributed by atoms with Crippen molar-refractivity contribution in [2.24, 2.45) is 0 Å². The van der Waals surface area contributed by atoms with Crippen molar-refractivity contribution in [3.63, 3.8) is 0 Å². The van der Waals surface area contributed by atoms with Gasteiger partial charge in [-0.2, -0.15) is 0 Å². The Bertz CT molecular complexity index is 807. The summed E-state index contributed by atoms with van der Waals surface area (Å²) in [5.74, 6) is 0.889. The number of pyridine rings is 1. The number of aromatic nitrogens is 1. The van der Waals surface area contributed by atoms with Crippen molar-refractivity contribution in [1.82, 2.24) is 15.2 Å². The van der Waals surface area contributed by atoms with Crippen molar-refractivity contribution >= 4 is 23.4 Å². The maximum atomic E-state index is 12.2. The molecule has 2 rings (SSSR count). The number of rotatable bonds is 11. The summed E-state index contributed by atoms with van der Waals surface area (Å²) in [6.45, 7) is 9.64. The fourth-order valence-electron chi connectivity index (χ4n) is 2.72. The lowest BCUT2D eigenvalue weighted by Gasteiger charge is -2.19. The number of nitrogens with zero attached hydrogens (tertiary/aromatic N) is 2. The normalized spacial score (nSPS) is 10.5. The van der Waals surface area contributed by atoms with Gasteiger partial charge in [0.25, 0.3) is 0 Å². The molecule has 8 heteroatoms. The number of hydrogen-bond donors (Lipinski definition) is 3. The number of nitrogens with one attached hydrogen (secondary N) is 3. The van der Waals surface area contributed by atoms with E-state index in [-0.39, 0.29) is 18.9 Å². The third kappa shape index (κ3) is 8.08. The predicted octanol–water partition coefficient (Wildman–Crippen LogP) is 3.26. The van der Waals surface area contributed by atoms with Gasteiger partial charge in [0.2, 0.25) is 5.91 Å². The molecule has 1 aromatic carbocycles. The van der Waals surface area contributed by atoms with Crippen molar-refractivity contribution < 1.29 is 14.3 Å². The highest BCUT2D eigenvalue weighted by Crippen LogP contribution is 2.23. The Balaban J connectivity index is 1.75. The van der Waals surface area contributed by atoms with Gasteiger partial charge < -0.3 is 25.6 Å². The van der Waals surface area contributed by atoms with E-state index in [1.54, 1.807) is 18.3 Å². The number of ether oxygens (including phenoxy) is 1. The average Bonchev–Trinajstić information content (AvgIpc) is 2.74. The summed E-state index contributed by atoms with van der Waals surface area (Å²) < 4.78 is 5.83. The Hall–Kier alpha value is -3.13. The molecule has 3 amide bonds. The van der Waals surface area contributed by atoms with E-state index in [0.717, 1.165) is 25.2 Å². The summed E-state index contributed by atoms with van der Waals surface area (Å²) in [7, 11) is 0. The maximum Gasteiger partial charge on any atom is 0.319 e. The number of benzene rings is 1. The number of hydrogen-bond acceptors (Lipinski definition) is 5. The molecule has 0 radical (unpaired) electrons. The number of carbonyl (C=O) groups excluding carboxylic acids is 2. The van der Waals surface area contributed by atoms with Crippen LogP contribution >= 0.6 is 0 Å². The van der Waals surface area contributed by atoms with Crippen LogP contribution in [0.15, 0.2) is 42.6 Å². The van der Waals surface area contributed by atoms with E-state index in [4.69, 9.17) is 4.74 Å². The second-order valence-electron chi connectivity index (χ2n) is 6.77. The molecule has 8 nitrogen and oxygen atoms in total. The highest BCUT2D eigenvalue weighted by Gasteiger charge is 2.09. The lowest BCUT2D eigenvalue weighted by atomic mass is 10.3. The fraction of sp³-hybridized carbons (Fsp3) is 0.409. The van der Waals surface area contributed by atoms with Crippen molar-refractivity contribution in [2.45, 2.75) is 27.2 Å². The van der Waals surface area contributed by atoms with Gasteiger partial charge in [0.15, 0.2) is 0 Å². The number of amides is 3. The Kier molecular flexibility index (Phi) is 9.60. The van der Waals surface area contributed by atoms with Gasteiger partial charge in [-0.1, -0.05) is 32.0 Å². The average molecular weight is 414 g/mol. The second kappa shape index (κ2) is 12.4. The number of aryl methyl sites for hydroxylation is 1. The third-order valence-corrected chi connectivity index (χ3v) is 4.51. The molecule has 0 bridgehead atoms. The molecule has 162 valence electrons. The zero-order chi connectivity index (χ0) is 21.8. The van der Waals surface area contributed by atoms with Crippen molar-refractivity contribution in [3.8, 4) is 5.75 Å². The number of anilines is 2. The van der Waals surface area contributed by atoms with E-state index >= 15 is 0 Å². The van der Waals surface area contributed by atoms with E-state index in [0.29, 0.717) is 23.9 Å². The van der Waals surface area contributed by atoms with Crippen molar-refractivity contribution in [1.29, 1.82) is 0 Å². The first-order valence-electron chi connectivity index (χ1n) is 10.2. The van der Waals surface area contributed by atoms with Gasteiger partial charge in [0, 0.05) is 25.7 Å². The number of para-hydroxylation sites is 2. The van der Waals surface area contributed by atoms with Gasteiger partial charge in [-0.05, 0) is 43.8 Å². The van der Waals surface area contributed by atoms with Gasteiger partial charge >= 0.3 is 6.03 Å². The Morgan fingerprint density at radius 1 is 1.07 bits per heavy atom. The van der Waals surface area contributed by atoms with Crippen molar-refractivity contribution in [3.05, 3.63) is 48.2 Å². The third-order valence-electron chi connectivity index (χ3n) is 4.51. The summed E-state index contributed by atoms with van der Waals surface area (Å²) >= 11 is 0. The summed E-state index contributed by atoms with van der Waals surface area (Å²) in [6.07, 6.45) is 1.83. The van der Waals surface area contributed by atoms with Crippen LogP contribution in [0.25, 0.3) is 0 Å². The van der Waals surface area contributed by atoms with Crippen LogP contribution in [0.5, 0.6) is 5.75 Å². The van der Waals surface area contributed by atoms with E-state index in [2.05, 4.69) is 39.7 Å². The monoisotopic (exact) mass is 413 g/mol. The molecule has 0 aliphatic carbocycles. The molecule has 0 spiro atoms. The number of urea groups is 1. The summed E-state index contributed by atoms with van der Waals surface area (Å²) in [6, 6.07) is 10.5. The smallest absolute Gasteiger partial charge is 0.319 e. The Morgan fingerprint density at radius 2 is 1.83 bits per heavy atom. The second-order valence-corrected chi connectivity index (χ2v) is 6.77. The molecule has 30 heavy (non-hydrogen) atoms. The van der Waals surface area contributed by atoms with Crippen LogP contribution in [0.2, 0.25) is 0 Å². The molecule has 0 saturated heterocycles. The van der Waals surface area contributed by atoms with Gasteiger partial charge in [0.1, 0.15) is 18.2 Å². The first-order chi connectivity index (χ1) is 14.5. The molecule has 3 N–H and O–H groups in total. The molecule has 1 heterocycles. The van der Waals surface area contributed by atoms with Gasteiger partial charge in [-0.15, -0.1) is 0 Å². The first kappa shape index (κ1) is 23.2. The van der Waals surface area contributed by atoms with E-state index < -0.39 is 6.03 Å². The van der Waals surface area contributed by atoms with E-state index in [1.165, 1.54) is 0 Å². The number of carbonyl (C=O) groups is 2. The maximum absolute atomic E-state index is 12.2. The van der Waals surface area contributed by atoms with Crippen LogP contribution in [-0.4, -0.2) is 54.6 Å². The molecule has 0 aliphatic rings. The zero-order valence-corrected chi connectivity index (χ0v) is 17.9. The fourth-order valence-corrected chi connectivity index (χ4v) is 2.72. The van der Waals surface area contributed by atoms with E-state index in [1.807, 2.05) is 31.2 Å². The van der Waals surface area contributed by atoms with Crippen LogP contribution in [0.1, 0.15) is 25.8 Å². The Labute approximate surface area is 178 Å². The molecule has 0 atom stereocenters. The van der Waals surface area contributed by atoms with Gasteiger partial charge in [-0.25, -0.2) is 9.78 Å². The molecule has 0 aliphatic heterocycles. The number of likely N-dealkylation sites (N-methyl/N-ethyl adjacent to an activating group) is 1. The largest absolute Gasteiger partial charge is 0.490 e. The molecule has 1 aromatic heterocycles. The molecule has 0 unspecified atom stereocenters. The lowest BCUT2D eigenvalue weighted by Crippen LogP contribution is -2.32. The van der Waals surface area contributed by atoms with E-state index in [9.17, 15) is 9.59 Å². The molecule has 2 aromatic rings.